The van der Waals surface area contributed by atoms with Crippen molar-refractivity contribution in [1.82, 2.24) is 5.32 Å². The number of carbonyl (C=O) groups excluding carboxylic acids is 1. The maximum atomic E-state index is 12.0. The first kappa shape index (κ1) is 15.3. The van der Waals surface area contributed by atoms with Gasteiger partial charge in [-0.2, -0.15) is 0 Å². The molecule has 19 heavy (non-hydrogen) atoms. The van der Waals surface area contributed by atoms with E-state index in [1.54, 1.807) is 0 Å². The molecule has 0 heterocycles. The number of carboxylic acids is 1. The Morgan fingerprint density at radius 1 is 1.47 bits per heavy atom. The van der Waals surface area contributed by atoms with Gasteiger partial charge in [-0.15, -0.1) is 0 Å². The van der Waals surface area contributed by atoms with E-state index in [1.807, 2.05) is 6.92 Å². The molecule has 5 nitrogen and oxygen atoms in total. The smallest absolute Gasteiger partial charge is 0.329 e. The highest BCUT2D eigenvalue weighted by molar-refractivity contribution is 6.33. The minimum atomic E-state index is -1.29. The lowest BCUT2D eigenvalue weighted by molar-refractivity contribution is -0.144. The third-order valence-electron chi connectivity index (χ3n) is 2.87. The van der Waals surface area contributed by atoms with Crippen molar-refractivity contribution in [2.75, 3.05) is 5.73 Å². The van der Waals surface area contributed by atoms with E-state index in [-0.39, 0.29) is 11.3 Å². The molecule has 1 amide bonds. The van der Waals surface area contributed by atoms with Gasteiger partial charge < -0.3 is 16.2 Å². The van der Waals surface area contributed by atoms with Crippen LogP contribution in [0.1, 0.15) is 37.0 Å². The number of carbonyl (C=O) groups is 2. The van der Waals surface area contributed by atoms with Crippen LogP contribution in [0.4, 0.5) is 5.69 Å². The first-order valence-electron chi connectivity index (χ1n) is 5.91. The molecule has 0 aromatic heterocycles. The number of aliphatic carboxylic acids is 1. The summed E-state index contributed by atoms with van der Waals surface area (Å²) in [5, 5.41) is 12.1. The van der Waals surface area contributed by atoms with Crippen LogP contribution >= 0.6 is 11.6 Å². The van der Waals surface area contributed by atoms with E-state index in [0.717, 1.165) is 0 Å². The summed E-state index contributed by atoms with van der Waals surface area (Å²) in [6.45, 7) is 3.34. The second-order valence-electron chi connectivity index (χ2n) is 4.58. The van der Waals surface area contributed by atoms with Crippen LogP contribution in [0.3, 0.4) is 0 Å². The summed E-state index contributed by atoms with van der Waals surface area (Å²) < 4.78 is 0. The number of nitrogens with one attached hydrogen (secondary N) is 1. The molecule has 1 aromatic rings. The SMILES string of the molecule is CCCC(C)(NC(=O)c1ccc(Cl)c(N)c1)C(=O)O. The normalized spacial score (nSPS) is 13.6. The largest absolute Gasteiger partial charge is 0.480 e. The quantitative estimate of drug-likeness (QED) is 0.723. The average Bonchev–Trinajstić information content (AvgIpc) is 2.32. The van der Waals surface area contributed by atoms with Crippen LogP contribution < -0.4 is 11.1 Å². The molecule has 0 saturated heterocycles. The number of hydrogen-bond acceptors (Lipinski definition) is 3. The fourth-order valence-electron chi connectivity index (χ4n) is 1.73. The fraction of sp³-hybridized carbons (Fsp3) is 0.385. The van der Waals surface area contributed by atoms with Gasteiger partial charge in [0.15, 0.2) is 0 Å². The maximum absolute atomic E-state index is 12.0. The lowest BCUT2D eigenvalue weighted by Crippen LogP contribution is -2.52. The molecule has 1 unspecified atom stereocenters. The molecular weight excluding hydrogens is 268 g/mol. The van der Waals surface area contributed by atoms with Gasteiger partial charge in [0.05, 0.1) is 10.7 Å². The van der Waals surface area contributed by atoms with E-state index in [2.05, 4.69) is 5.32 Å². The summed E-state index contributed by atoms with van der Waals surface area (Å²) in [4.78, 5) is 23.3. The highest BCUT2D eigenvalue weighted by Gasteiger charge is 2.34. The Labute approximate surface area is 116 Å². The Kier molecular flexibility index (Phi) is 4.78. The Morgan fingerprint density at radius 3 is 2.58 bits per heavy atom. The van der Waals surface area contributed by atoms with E-state index in [9.17, 15) is 14.7 Å². The number of amides is 1. The third kappa shape index (κ3) is 3.61. The number of carboxylic acid groups (broad SMARTS) is 1. The van der Waals surface area contributed by atoms with Crippen LogP contribution in [0.5, 0.6) is 0 Å². The highest BCUT2D eigenvalue weighted by Crippen LogP contribution is 2.20. The first-order valence-corrected chi connectivity index (χ1v) is 6.29. The summed E-state index contributed by atoms with van der Waals surface area (Å²) >= 11 is 5.77. The van der Waals surface area contributed by atoms with Gasteiger partial charge in [0.25, 0.3) is 5.91 Å². The zero-order chi connectivity index (χ0) is 14.6. The number of rotatable bonds is 5. The number of hydrogen-bond donors (Lipinski definition) is 3. The number of nitrogen functional groups attached to an aromatic ring is 1. The van der Waals surface area contributed by atoms with Gasteiger partial charge in [0.1, 0.15) is 5.54 Å². The molecule has 1 rings (SSSR count). The molecular formula is C13H17ClN2O3. The summed E-state index contributed by atoms with van der Waals surface area (Å²) in [6.07, 6.45) is 0.989. The Hall–Kier alpha value is -1.75. The molecule has 6 heteroatoms. The minimum absolute atomic E-state index is 0.279. The lowest BCUT2D eigenvalue weighted by atomic mass is 9.95. The number of anilines is 1. The van der Waals surface area contributed by atoms with Gasteiger partial charge in [0, 0.05) is 5.56 Å². The average molecular weight is 285 g/mol. The second kappa shape index (κ2) is 5.93. The highest BCUT2D eigenvalue weighted by atomic mass is 35.5. The molecule has 0 bridgehead atoms. The van der Waals surface area contributed by atoms with Crippen molar-refractivity contribution in [1.29, 1.82) is 0 Å². The van der Waals surface area contributed by atoms with E-state index in [4.69, 9.17) is 17.3 Å². The Morgan fingerprint density at radius 2 is 2.11 bits per heavy atom. The summed E-state index contributed by atoms with van der Waals surface area (Å²) in [5.41, 5.74) is 4.88. The molecule has 1 aromatic carbocycles. The summed E-state index contributed by atoms with van der Waals surface area (Å²) in [5.74, 6) is -1.55. The second-order valence-corrected chi connectivity index (χ2v) is 4.98. The lowest BCUT2D eigenvalue weighted by Gasteiger charge is -2.25. The van der Waals surface area contributed by atoms with Crippen LogP contribution in [0.25, 0.3) is 0 Å². The van der Waals surface area contributed by atoms with Crippen LogP contribution in [0.2, 0.25) is 5.02 Å². The van der Waals surface area contributed by atoms with Crippen LogP contribution in [0.15, 0.2) is 18.2 Å². The summed E-state index contributed by atoms with van der Waals surface area (Å²) in [6, 6.07) is 4.43. The zero-order valence-electron chi connectivity index (χ0n) is 10.9. The maximum Gasteiger partial charge on any atom is 0.329 e. The van der Waals surface area contributed by atoms with Crippen molar-refractivity contribution in [3.8, 4) is 0 Å². The van der Waals surface area contributed by atoms with Crippen molar-refractivity contribution < 1.29 is 14.7 Å². The fourth-order valence-corrected chi connectivity index (χ4v) is 1.85. The molecule has 0 aliphatic heterocycles. The van der Waals surface area contributed by atoms with Crippen molar-refractivity contribution in [3.63, 3.8) is 0 Å². The Balaban J connectivity index is 2.94. The van der Waals surface area contributed by atoms with Gasteiger partial charge in [-0.3, -0.25) is 4.79 Å². The van der Waals surface area contributed by atoms with Crippen molar-refractivity contribution in [2.45, 2.75) is 32.2 Å². The Bertz CT molecular complexity index is 505. The van der Waals surface area contributed by atoms with E-state index in [1.165, 1.54) is 25.1 Å². The molecule has 0 aliphatic rings. The van der Waals surface area contributed by atoms with E-state index in [0.29, 0.717) is 17.9 Å². The third-order valence-corrected chi connectivity index (χ3v) is 3.21. The molecule has 0 saturated carbocycles. The number of halogens is 1. The van der Waals surface area contributed by atoms with Crippen molar-refractivity contribution in [3.05, 3.63) is 28.8 Å². The van der Waals surface area contributed by atoms with E-state index >= 15 is 0 Å². The summed E-state index contributed by atoms with van der Waals surface area (Å²) in [7, 11) is 0. The van der Waals surface area contributed by atoms with Crippen LogP contribution in [-0.4, -0.2) is 22.5 Å². The standard InChI is InChI=1S/C13H17ClN2O3/c1-3-6-13(2,12(18)19)16-11(17)8-4-5-9(14)10(15)7-8/h4-5,7H,3,6,15H2,1-2H3,(H,16,17)(H,18,19). The van der Waals surface area contributed by atoms with Gasteiger partial charge in [-0.05, 0) is 31.5 Å². The van der Waals surface area contributed by atoms with Crippen LogP contribution in [-0.2, 0) is 4.79 Å². The predicted molar refractivity (Wildman–Crippen MR) is 74.3 cm³/mol. The van der Waals surface area contributed by atoms with Crippen LogP contribution in [0, 0.1) is 0 Å². The van der Waals surface area contributed by atoms with Gasteiger partial charge in [0.2, 0.25) is 0 Å². The van der Waals surface area contributed by atoms with Crippen molar-refractivity contribution in [2.24, 2.45) is 0 Å². The van der Waals surface area contributed by atoms with Gasteiger partial charge >= 0.3 is 5.97 Å². The molecule has 0 fully saturated rings. The zero-order valence-corrected chi connectivity index (χ0v) is 11.6. The van der Waals surface area contributed by atoms with E-state index < -0.39 is 17.4 Å². The van der Waals surface area contributed by atoms with Gasteiger partial charge in [-0.25, -0.2) is 4.79 Å². The molecule has 0 aliphatic carbocycles. The monoisotopic (exact) mass is 284 g/mol. The number of benzene rings is 1. The molecule has 0 spiro atoms. The minimum Gasteiger partial charge on any atom is -0.480 e. The molecule has 4 N–H and O–H groups in total. The molecule has 0 radical (unpaired) electrons. The topological polar surface area (TPSA) is 92.4 Å². The van der Waals surface area contributed by atoms with Gasteiger partial charge in [-0.1, -0.05) is 24.9 Å². The first-order chi connectivity index (χ1) is 8.80. The molecule has 1 atom stereocenters. The van der Waals surface area contributed by atoms with Crippen molar-refractivity contribution >= 4 is 29.2 Å². The predicted octanol–water partition coefficient (Wildman–Crippen LogP) is 2.30. The molecule has 104 valence electrons. The number of nitrogens with two attached hydrogens (primary N) is 1.